The molecule has 0 radical (unpaired) electrons. The summed E-state index contributed by atoms with van der Waals surface area (Å²) in [4.78, 5) is 33.3. The molecule has 0 spiro atoms. The second-order valence-corrected chi connectivity index (χ2v) is 11.4. The molecule has 0 aliphatic carbocycles. The van der Waals surface area contributed by atoms with E-state index in [0.29, 0.717) is 28.5 Å². The van der Waals surface area contributed by atoms with Gasteiger partial charge in [0, 0.05) is 67.9 Å². The van der Waals surface area contributed by atoms with E-state index in [0.717, 1.165) is 88.1 Å². The third-order valence-corrected chi connectivity index (χ3v) is 8.42. The normalized spacial score (nSPS) is 15.5. The highest BCUT2D eigenvalue weighted by atomic mass is 35.5. The van der Waals surface area contributed by atoms with Crippen molar-refractivity contribution < 1.29 is 19.1 Å². The standard InChI is InChI=1S/C33H41ClN6O4/c1-24-8-9-26(23-28(24)34)37-33(42)36-25-10-11-29(27(22-25)32(41)35-12-5-13-38-18-20-44-21-19-38)39-14-16-40(17-15-39)30-6-3-4-7-31(30)43-2/h3-4,6-11,22-23H,5,12-21H2,1-2H3,(H,35,41)(H2,36,37,42). The van der Waals surface area contributed by atoms with Gasteiger partial charge in [-0.25, -0.2) is 4.79 Å². The van der Waals surface area contributed by atoms with E-state index in [-0.39, 0.29) is 5.91 Å². The maximum absolute atomic E-state index is 13.6. The van der Waals surface area contributed by atoms with Gasteiger partial charge in [-0.1, -0.05) is 29.8 Å². The number of urea groups is 1. The fourth-order valence-electron chi connectivity index (χ4n) is 5.54. The number of nitrogens with zero attached hydrogens (tertiary/aromatic N) is 3. The summed E-state index contributed by atoms with van der Waals surface area (Å²) in [6.07, 6.45) is 0.845. The summed E-state index contributed by atoms with van der Waals surface area (Å²) in [7, 11) is 1.69. The number of hydrogen-bond acceptors (Lipinski definition) is 7. The average molecular weight is 621 g/mol. The number of morpholine rings is 1. The van der Waals surface area contributed by atoms with Crippen LogP contribution in [-0.2, 0) is 4.74 Å². The first-order chi connectivity index (χ1) is 21.4. The topological polar surface area (TPSA) is 98.4 Å². The summed E-state index contributed by atoms with van der Waals surface area (Å²) in [5.41, 5.74) is 4.47. The molecule has 10 nitrogen and oxygen atoms in total. The number of carbonyl (C=O) groups is 2. The minimum atomic E-state index is -0.417. The van der Waals surface area contributed by atoms with Gasteiger partial charge < -0.3 is 35.2 Å². The molecule has 3 amide bonds. The number of carbonyl (C=O) groups excluding carboxylic acids is 2. The molecule has 0 atom stereocenters. The first-order valence-electron chi connectivity index (χ1n) is 15.1. The Balaban J connectivity index is 1.27. The molecular weight excluding hydrogens is 580 g/mol. The van der Waals surface area contributed by atoms with Crippen LogP contribution in [0.25, 0.3) is 0 Å². The molecule has 2 aliphatic rings. The zero-order valence-electron chi connectivity index (χ0n) is 25.4. The van der Waals surface area contributed by atoms with E-state index in [1.54, 1.807) is 25.3 Å². The van der Waals surface area contributed by atoms with Gasteiger partial charge in [-0.15, -0.1) is 0 Å². The Labute approximate surface area is 264 Å². The maximum Gasteiger partial charge on any atom is 0.323 e. The quantitative estimate of drug-likeness (QED) is 0.272. The van der Waals surface area contributed by atoms with Crippen molar-refractivity contribution >= 4 is 46.3 Å². The van der Waals surface area contributed by atoms with Gasteiger partial charge in [0.15, 0.2) is 0 Å². The Kier molecular flexibility index (Phi) is 10.8. The highest BCUT2D eigenvalue weighted by Crippen LogP contribution is 2.31. The van der Waals surface area contributed by atoms with E-state index >= 15 is 0 Å². The Morgan fingerprint density at radius 1 is 0.864 bits per heavy atom. The Hall–Kier alpha value is -3.99. The average Bonchev–Trinajstić information content (AvgIpc) is 3.05. The van der Waals surface area contributed by atoms with Crippen LogP contribution in [0.1, 0.15) is 22.3 Å². The number of anilines is 4. The van der Waals surface area contributed by atoms with Gasteiger partial charge in [-0.2, -0.15) is 0 Å². The molecule has 234 valence electrons. The van der Waals surface area contributed by atoms with E-state index in [2.05, 4.69) is 36.7 Å². The number of nitrogens with one attached hydrogen (secondary N) is 3. The summed E-state index contributed by atoms with van der Waals surface area (Å²) < 4.78 is 11.0. The first kappa shape index (κ1) is 31.4. The van der Waals surface area contributed by atoms with E-state index < -0.39 is 6.03 Å². The zero-order chi connectivity index (χ0) is 30.9. The van der Waals surface area contributed by atoms with Gasteiger partial charge in [0.05, 0.1) is 31.6 Å². The van der Waals surface area contributed by atoms with Gasteiger partial charge in [0.25, 0.3) is 5.91 Å². The van der Waals surface area contributed by atoms with Gasteiger partial charge >= 0.3 is 6.03 Å². The fraction of sp³-hybridized carbons (Fsp3) is 0.394. The highest BCUT2D eigenvalue weighted by Gasteiger charge is 2.24. The van der Waals surface area contributed by atoms with Crippen LogP contribution in [0.2, 0.25) is 5.02 Å². The number of ether oxygens (including phenoxy) is 2. The predicted octanol–water partition coefficient (Wildman–Crippen LogP) is 5.08. The minimum absolute atomic E-state index is 0.163. The Morgan fingerprint density at radius 2 is 1.52 bits per heavy atom. The molecule has 2 aliphatic heterocycles. The number of methoxy groups -OCH3 is 1. The summed E-state index contributed by atoms with van der Waals surface area (Å²) in [6, 6.07) is 18.5. The molecule has 0 bridgehead atoms. The molecule has 5 rings (SSSR count). The maximum atomic E-state index is 13.6. The number of aryl methyl sites for hydroxylation is 1. The van der Waals surface area contributed by atoms with Crippen LogP contribution in [0.5, 0.6) is 5.75 Å². The smallest absolute Gasteiger partial charge is 0.323 e. The van der Waals surface area contributed by atoms with E-state index in [9.17, 15) is 9.59 Å². The van der Waals surface area contributed by atoms with Gasteiger partial charge in [0.1, 0.15) is 5.75 Å². The van der Waals surface area contributed by atoms with Crippen LogP contribution < -0.4 is 30.5 Å². The monoisotopic (exact) mass is 620 g/mol. The van der Waals surface area contributed by atoms with Crippen molar-refractivity contribution in [3.63, 3.8) is 0 Å². The fourth-order valence-corrected chi connectivity index (χ4v) is 5.72. The number of para-hydroxylation sites is 2. The summed E-state index contributed by atoms with van der Waals surface area (Å²) in [5, 5.41) is 9.36. The van der Waals surface area contributed by atoms with Crippen molar-refractivity contribution in [3.8, 4) is 5.75 Å². The van der Waals surface area contributed by atoms with Crippen molar-refractivity contribution in [2.24, 2.45) is 0 Å². The molecular formula is C33H41ClN6O4. The molecule has 0 unspecified atom stereocenters. The molecule has 2 saturated heterocycles. The van der Waals surface area contributed by atoms with Crippen molar-refractivity contribution in [2.45, 2.75) is 13.3 Å². The third-order valence-electron chi connectivity index (χ3n) is 8.02. The van der Waals surface area contributed by atoms with Crippen molar-refractivity contribution in [2.75, 3.05) is 93.1 Å². The molecule has 3 aromatic rings. The van der Waals surface area contributed by atoms with E-state index in [1.165, 1.54) is 0 Å². The predicted molar refractivity (Wildman–Crippen MR) is 177 cm³/mol. The van der Waals surface area contributed by atoms with Crippen LogP contribution in [0.15, 0.2) is 60.7 Å². The second-order valence-electron chi connectivity index (χ2n) is 11.0. The number of halogens is 1. The number of piperazine rings is 1. The molecule has 3 aromatic carbocycles. The molecule has 2 fully saturated rings. The first-order valence-corrected chi connectivity index (χ1v) is 15.5. The molecule has 0 aromatic heterocycles. The Morgan fingerprint density at radius 3 is 2.23 bits per heavy atom. The largest absolute Gasteiger partial charge is 0.495 e. The third kappa shape index (κ3) is 8.13. The van der Waals surface area contributed by atoms with Gasteiger partial charge in [-0.3, -0.25) is 9.69 Å². The van der Waals surface area contributed by atoms with Crippen LogP contribution in [0.3, 0.4) is 0 Å². The van der Waals surface area contributed by atoms with Crippen molar-refractivity contribution in [1.29, 1.82) is 0 Å². The Bertz CT molecular complexity index is 1440. The van der Waals surface area contributed by atoms with Crippen LogP contribution in [-0.4, -0.2) is 89.5 Å². The second kappa shape index (κ2) is 15.1. The lowest BCUT2D eigenvalue weighted by molar-refractivity contribution is 0.0374. The van der Waals surface area contributed by atoms with Crippen LogP contribution in [0.4, 0.5) is 27.5 Å². The molecule has 11 heteroatoms. The number of amides is 3. The van der Waals surface area contributed by atoms with Crippen molar-refractivity contribution in [3.05, 3.63) is 76.8 Å². The van der Waals surface area contributed by atoms with E-state index in [4.69, 9.17) is 21.1 Å². The number of rotatable bonds is 10. The highest BCUT2D eigenvalue weighted by molar-refractivity contribution is 6.31. The molecule has 2 heterocycles. The molecule has 44 heavy (non-hydrogen) atoms. The minimum Gasteiger partial charge on any atom is -0.495 e. The molecule has 0 saturated carbocycles. The van der Waals surface area contributed by atoms with Crippen LogP contribution >= 0.6 is 11.6 Å². The van der Waals surface area contributed by atoms with Gasteiger partial charge in [0.2, 0.25) is 0 Å². The number of hydrogen-bond donors (Lipinski definition) is 3. The van der Waals surface area contributed by atoms with Gasteiger partial charge in [-0.05, 0) is 67.9 Å². The SMILES string of the molecule is COc1ccccc1N1CCN(c2ccc(NC(=O)Nc3ccc(C)c(Cl)c3)cc2C(=O)NCCCN2CCOCC2)CC1. The lowest BCUT2D eigenvalue weighted by Gasteiger charge is -2.38. The molecule has 3 N–H and O–H groups in total. The lowest BCUT2D eigenvalue weighted by atomic mass is 10.1. The van der Waals surface area contributed by atoms with E-state index in [1.807, 2.05) is 43.3 Å². The van der Waals surface area contributed by atoms with Crippen molar-refractivity contribution in [1.82, 2.24) is 10.2 Å². The number of benzene rings is 3. The lowest BCUT2D eigenvalue weighted by Crippen LogP contribution is -2.47. The summed E-state index contributed by atoms with van der Waals surface area (Å²) >= 11 is 6.22. The zero-order valence-corrected chi connectivity index (χ0v) is 26.2. The van der Waals surface area contributed by atoms with Crippen LogP contribution in [0, 0.1) is 6.92 Å². The summed E-state index contributed by atoms with van der Waals surface area (Å²) in [5.74, 6) is 0.684. The summed E-state index contributed by atoms with van der Waals surface area (Å²) in [6.45, 7) is 9.75.